The normalized spacial score (nSPS) is 15.4. The number of carbonyl (C=O) groups excluding carboxylic acids is 2. The first-order valence-corrected chi connectivity index (χ1v) is 12.6. The summed E-state index contributed by atoms with van der Waals surface area (Å²) in [6.07, 6.45) is 2.48. The predicted octanol–water partition coefficient (Wildman–Crippen LogP) is 1.66. The number of hydrogen-bond acceptors (Lipinski definition) is 6. The van der Waals surface area contributed by atoms with Crippen LogP contribution in [0.15, 0.2) is 42.5 Å². The zero-order valence-electron chi connectivity index (χ0n) is 18.5. The molecule has 1 fully saturated rings. The molecule has 0 atom stereocenters. The molecule has 0 aromatic heterocycles. The van der Waals surface area contributed by atoms with Gasteiger partial charge < -0.3 is 19.7 Å². The third-order valence-corrected chi connectivity index (χ3v) is 6.77. The largest absolute Gasteiger partial charge is 0.486 e. The number of benzene rings is 2. The van der Waals surface area contributed by atoms with E-state index in [0.29, 0.717) is 43.4 Å². The molecule has 2 aliphatic heterocycles. The first kappa shape index (κ1) is 22.9. The third-order valence-electron chi connectivity index (χ3n) is 5.63. The number of likely N-dealkylation sites (tertiary alicyclic amines) is 1. The van der Waals surface area contributed by atoms with Gasteiger partial charge in [0.15, 0.2) is 11.5 Å². The number of amides is 2. The standard InChI is InChI=1S/C23H27N3O6S/c1-33(29,30)26(19-8-9-20-21(13-19)32-12-11-31-20)16-22(27)24-14-17-5-2-3-6-18(17)15-25-10-4-7-23(25)28/h2-3,5-6,8-9,13H,4,7,10-12,14-16H2,1H3,(H,24,27). The van der Waals surface area contributed by atoms with E-state index in [1.54, 1.807) is 18.2 Å². The fraction of sp³-hybridized carbons (Fsp3) is 0.391. The van der Waals surface area contributed by atoms with Crippen LogP contribution >= 0.6 is 0 Å². The molecule has 0 unspecified atom stereocenters. The molecule has 0 radical (unpaired) electrons. The van der Waals surface area contributed by atoms with Gasteiger partial charge in [-0.15, -0.1) is 0 Å². The molecular formula is C23H27N3O6S. The Labute approximate surface area is 193 Å². The quantitative estimate of drug-likeness (QED) is 0.625. The average Bonchev–Trinajstić information content (AvgIpc) is 3.20. The third kappa shape index (κ3) is 5.57. The summed E-state index contributed by atoms with van der Waals surface area (Å²) in [5.74, 6) is 0.675. The number of ether oxygens (including phenoxy) is 2. The van der Waals surface area contributed by atoms with E-state index in [4.69, 9.17) is 9.47 Å². The van der Waals surface area contributed by atoms with Gasteiger partial charge in [0.1, 0.15) is 19.8 Å². The minimum atomic E-state index is -3.72. The topological polar surface area (TPSA) is 105 Å². The van der Waals surface area contributed by atoms with Crippen LogP contribution in [0.5, 0.6) is 11.5 Å². The van der Waals surface area contributed by atoms with Crippen LogP contribution in [-0.4, -0.2) is 57.7 Å². The lowest BCUT2D eigenvalue weighted by Gasteiger charge is -2.25. The monoisotopic (exact) mass is 473 g/mol. The number of carbonyl (C=O) groups is 2. The van der Waals surface area contributed by atoms with Gasteiger partial charge in [0.25, 0.3) is 0 Å². The fourth-order valence-electron chi connectivity index (χ4n) is 3.93. The molecule has 0 saturated carbocycles. The van der Waals surface area contributed by atoms with Crippen molar-refractivity contribution in [3.05, 3.63) is 53.6 Å². The molecule has 10 heteroatoms. The Balaban J connectivity index is 1.43. The van der Waals surface area contributed by atoms with Crippen LogP contribution in [0.4, 0.5) is 5.69 Å². The molecule has 9 nitrogen and oxygen atoms in total. The molecule has 0 aliphatic carbocycles. The Morgan fingerprint density at radius 2 is 1.82 bits per heavy atom. The smallest absolute Gasteiger partial charge is 0.241 e. The van der Waals surface area contributed by atoms with Gasteiger partial charge >= 0.3 is 0 Å². The zero-order chi connectivity index (χ0) is 23.4. The maximum absolute atomic E-state index is 12.7. The van der Waals surface area contributed by atoms with Crippen molar-refractivity contribution in [3.63, 3.8) is 0 Å². The van der Waals surface area contributed by atoms with Crippen LogP contribution < -0.4 is 19.1 Å². The second-order valence-corrected chi connectivity index (χ2v) is 9.97. The number of anilines is 1. The van der Waals surface area contributed by atoms with E-state index >= 15 is 0 Å². The van der Waals surface area contributed by atoms with Crippen molar-refractivity contribution < 1.29 is 27.5 Å². The van der Waals surface area contributed by atoms with E-state index in [1.165, 1.54) is 0 Å². The van der Waals surface area contributed by atoms with E-state index in [1.807, 2.05) is 29.2 Å². The van der Waals surface area contributed by atoms with Gasteiger partial charge in [-0.25, -0.2) is 8.42 Å². The van der Waals surface area contributed by atoms with Gasteiger partial charge in [0.2, 0.25) is 21.8 Å². The summed E-state index contributed by atoms with van der Waals surface area (Å²) in [6, 6.07) is 12.4. The molecular weight excluding hydrogens is 446 g/mol. The fourth-order valence-corrected chi connectivity index (χ4v) is 4.78. The lowest BCUT2D eigenvalue weighted by atomic mass is 10.1. The van der Waals surface area contributed by atoms with Gasteiger partial charge in [-0.05, 0) is 29.7 Å². The van der Waals surface area contributed by atoms with Gasteiger partial charge in [-0.1, -0.05) is 24.3 Å². The number of nitrogens with zero attached hydrogens (tertiary/aromatic N) is 2. The van der Waals surface area contributed by atoms with Crippen LogP contribution in [0, 0.1) is 0 Å². The average molecular weight is 474 g/mol. The van der Waals surface area contributed by atoms with Crippen LogP contribution in [0.2, 0.25) is 0 Å². The Bertz CT molecular complexity index is 1150. The highest BCUT2D eigenvalue weighted by Gasteiger charge is 2.24. The maximum atomic E-state index is 12.7. The minimum absolute atomic E-state index is 0.136. The summed E-state index contributed by atoms with van der Waals surface area (Å²) in [4.78, 5) is 26.5. The number of fused-ring (bicyclic) bond motifs is 1. The zero-order valence-corrected chi connectivity index (χ0v) is 19.3. The van der Waals surface area contributed by atoms with Gasteiger partial charge in [-0.2, -0.15) is 0 Å². The Kier molecular flexibility index (Phi) is 6.73. The highest BCUT2D eigenvalue weighted by Crippen LogP contribution is 2.34. The Morgan fingerprint density at radius 3 is 2.52 bits per heavy atom. The van der Waals surface area contributed by atoms with Crippen molar-refractivity contribution in [2.45, 2.75) is 25.9 Å². The molecule has 176 valence electrons. The summed E-state index contributed by atoms with van der Waals surface area (Å²) in [6.45, 7) is 1.90. The molecule has 2 aliphatic rings. The van der Waals surface area contributed by atoms with Gasteiger partial charge in [-0.3, -0.25) is 13.9 Å². The molecule has 2 heterocycles. The van der Waals surface area contributed by atoms with Gasteiger partial charge in [0.05, 0.1) is 11.9 Å². The maximum Gasteiger partial charge on any atom is 0.241 e. The van der Waals surface area contributed by atoms with E-state index < -0.39 is 15.9 Å². The highest BCUT2D eigenvalue weighted by atomic mass is 32.2. The molecule has 0 spiro atoms. The second kappa shape index (κ2) is 9.70. The molecule has 33 heavy (non-hydrogen) atoms. The summed E-state index contributed by atoms with van der Waals surface area (Å²) in [7, 11) is -3.72. The molecule has 1 saturated heterocycles. The summed E-state index contributed by atoms with van der Waals surface area (Å²) in [5, 5.41) is 2.81. The number of sulfonamides is 1. The summed E-state index contributed by atoms with van der Waals surface area (Å²) >= 11 is 0. The molecule has 2 aromatic rings. The molecule has 2 aromatic carbocycles. The SMILES string of the molecule is CS(=O)(=O)N(CC(=O)NCc1ccccc1CN1CCCC1=O)c1ccc2c(c1)OCCO2. The van der Waals surface area contributed by atoms with Crippen molar-refractivity contribution in [1.82, 2.24) is 10.2 Å². The molecule has 4 rings (SSSR count). The van der Waals surface area contributed by atoms with Crippen molar-refractivity contribution in [1.29, 1.82) is 0 Å². The Morgan fingerprint density at radius 1 is 1.09 bits per heavy atom. The number of rotatable bonds is 8. The lowest BCUT2D eigenvalue weighted by Crippen LogP contribution is -2.40. The van der Waals surface area contributed by atoms with Crippen LogP contribution in [0.1, 0.15) is 24.0 Å². The lowest BCUT2D eigenvalue weighted by molar-refractivity contribution is -0.128. The molecule has 0 bridgehead atoms. The second-order valence-electron chi connectivity index (χ2n) is 8.06. The Hall–Kier alpha value is -3.27. The van der Waals surface area contributed by atoms with Crippen LogP contribution in [0.3, 0.4) is 0 Å². The molecule has 1 N–H and O–H groups in total. The van der Waals surface area contributed by atoms with Crippen LogP contribution in [-0.2, 0) is 32.7 Å². The van der Waals surface area contributed by atoms with Crippen LogP contribution in [0.25, 0.3) is 0 Å². The predicted molar refractivity (Wildman–Crippen MR) is 123 cm³/mol. The number of hydrogen-bond donors (Lipinski definition) is 1. The summed E-state index contributed by atoms with van der Waals surface area (Å²) in [5.41, 5.74) is 2.17. The van der Waals surface area contributed by atoms with Gasteiger partial charge in [0, 0.05) is 32.1 Å². The van der Waals surface area contributed by atoms with E-state index in [-0.39, 0.29) is 19.0 Å². The van der Waals surface area contributed by atoms with E-state index in [2.05, 4.69) is 5.32 Å². The number of nitrogens with one attached hydrogen (secondary N) is 1. The first-order valence-electron chi connectivity index (χ1n) is 10.8. The van der Waals surface area contributed by atoms with Crippen molar-refractivity contribution >= 4 is 27.5 Å². The van der Waals surface area contributed by atoms with Crippen molar-refractivity contribution in [2.75, 3.05) is 36.9 Å². The highest BCUT2D eigenvalue weighted by molar-refractivity contribution is 7.92. The minimum Gasteiger partial charge on any atom is -0.486 e. The van der Waals surface area contributed by atoms with E-state index in [0.717, 1.165) is 34.7 Å². The van der Waals surface area contributed by atoms with Crippen molar-refractivity contribution in [2.24, 2.45) is 0 Å². The molecule has 2 amide bonds. The van der Waals surface area contributed by atoms with Crippen molar-refractivity contribution in [3.8, 4) is 11.5 Å². The summed E-state index contributed by atoms with van der Waals surface area (Å²) < 4.78 is 36.9. The van der Waals surface area contributed by atoms with E-state index in [9.17, 15) is 18.0 Å². The first-order chi connectivity index (χ1) is 15.8.